The van der Waals surface area contributed by atoms with Gasteiger partial charge in [-0.05, 0) is 5.56 Å². The second-order valence-electron chi connectivity index (χ2n) is 3.80. The minimum absolute atomic E-state index is 0.167. The van der Waals surface area contributed by atoms with Crippen molar-refractivity contribution in [2.45, 2.75) is 6.10 Å². The van der Waals surface area contributed by atoms with Crippen LogP contribution in [-0.4, -0.2) is 30.0 Å². The van der Waals surface area contributed by atoms with E-state index in [1.807, 2.05) is 30.3 Å². The summed E-state index contributed by atoms with van der Waals surface area (Å²) >= 11 is 0. The van der Waals surface area contributed by atoms with E-state index in [0.29, 0.717) is 0 Å². The van der Waals surface area contributed by atoms with E-state index < -0.39 is 6.10 Å². The van der Waals surface area contributed by atoms with Gasteiger partial charge in [0.05, 0.1) is 7.11 Å². The molecule has 0 aliphatic carbocycles. The van der Waals surface area contributed by atoms with Crippen molar-refractivity contribution in [3.8, 4) is 5.88 Å². The molecule has 5 heteroatoms. The van der Waals surface area contributed by atoms with Crippen LogP contribution in [0, 0.1) is 0 Å². The Hall–Kier alpha value is -2.27. The second-order valence-corrected chi connectivity index (χ2v) is 3.80. The number of carbonyl (C=O) groups excluding carboxylic acids is 1. The molecule has 98 valence electrons. The molecule has 0 saturated carbocycles. The molecule has 2 aromatic rings. The fourth-order valence-corrected chi connectivity index (χ4v) is 1.79. The molecule has 0 saturated heterocycles. The number of Topliss-reactive ketones (excluding diaryl/α,β-unsaturated/α-hetero) is 1. The van der Waals surface area contributed by atoms with Crippen LogP contribution in [0.3, 0.4) is 0 Å². The van der Waals surface area contributed by atoms with E-state index >= 15 is 0 Å². The molecule has 1 aromatic heterocycles. The van der Waals surface area contributed by atoms with Crippen LogP contribution >= 0.6 is 0 Å². The van der Waals surface area contributed by atoms with Crippen LogP contribution < -0.4 is 4.74 Å². The zero-order chi connectivity index (χ0) is 13.7. The lowest BCUT2D eigenvalue weighted by Crippen LogP contribution is -2.17. The molecule has 0 fully saturated rings. The normalized spacial score (nSPS) is 11.9. The minimum Gasteiger partial charge on any atom is -0.479 e. The van der Waals surface area contributed by atoms with E-state index in [-0.39, 0.29) is 17.4 Å². The van der Waals surface area contributed by atoms with Gasteiger partial charge in [-0.1, -0.05) is 30.3 Å². The number of methoxy groups -OCH3 is 2. The number of ketones is 1. The average molecular weight is 258 g/mol. The molecular weight excluding hydrogens is 244 g/mol. The van der Waals surface area contributed by atoms with Crippen molar-refractivity contribution >= 4 is 5.78 Å². The summed E-state index contributed by atoms with van der Waals surface area (Å²) in [5.41, 5.74) is 0.934. The monoisotopic (exact) mass is 258 g/mol. The fraction of sp³-hybridized carbons (Fsp3) is 0.214. The zero-order valence-corrected chi connectivity index (χ0v) is 10.7. The van der Waals surface area contributed by atoms with Gasteiger partial charge in [0.25, 0.3) is 0 Å². The Kier molecular flexibility index (Phi) is 4.20. The molecule has 0 aliphatic heterocycles. The summed E-state index contributed by atoms with van der Waals surface area (Å²) in [7, 11) is 2.93. The first-order valence-electron chi connectivity index (χ1n) is 5.75. The predicted octanol–water partition coefficient (Wildman–Crippen LogP) is 2.06. The summed E-state index contributed by atoms with van der Waals surface area (Å²) in [4.78, 5) is 20.4. The molecule has 1 unspecified atom stereocenters. The van der Waals surface area contributed by atoms with Crippen LogP contribution in [0.1, 0.15) is 22.2 Å². The van der Waals surface area contributed by atoms with Crippen LogP contribution in [0.25, 0.3) is 0 Å². The maximum atomic E-state index is 12.4. The van der Waals surface area contributed by atoms with Crippen LogP contribution in [0.4, 0.5) is 0 Å². The Bertz CT molecular complexity index is 558. The molecule has 0 aliphatic rings. The van der Waals surface area contributed by atoms with Crippen molar-refractivity contribution in [3.63, 3.8) is 0 Å². The highest BCUT2D eigenvalue weighted by Gasteiger charge is 2.26. The van der Waals surface area contributed by atoms with Crippen molar-refractivity contribution < 1.29 is 14.3 Å². The van der Waals surface area contributed by atoms with E-state index in [2.05, 4.69) is 9.97 Å². The number of hydrogen-bond acceptors (Lipinski definition) is 5. The number of carbonyl (C=O) groups is 1. The molecule has 0 N–H and O–H groups in total. The maximum absolute atomic E-state index is 12.4. The lowest BCUT2D eigenvalue weighted by Gasteiger charge is -2.14. The van der Waals surface area contributed by atoms with E-state index in [4.69, 9.17) is 9.47 Å². The first-order chi connectivity index (χ1) is 9.27. The number of benzene rings is 1. The highest BCUT2D eigenvalue weighted by atomic mass is 16.5. The van der Waals surface area contributed by atoms with Crippen LogP contribution in [0.5, 0.6) is 5.88 Å². The SMILES string of the molecule is COc1nccnc1C(=O)C(OC)c1ccccc1. The Morgan fingerprint density at radius 2 is 1.79 bits per heavy atom. The first kappa shape index (κ1) is 13.2. The van der Waals surface area contributed by atoms with Gasteiger partial charge < -0.3 is 9.47 Å². The van der Waals surface area contributed by atoms with E-state index in [1.165, 1.54) is 26.6 Å². The Morgan fingerprint density at radius 3 is 2.42 bits per heavy atom. The van der Waals surface area contributed by atoms with E-state index in [0.717, 1.165) is 5.56 Å². The molecule has 0 spiro atoms. The molecule has 0 amide bonds. The molecule has 1 atom stereocenters. The predicted molar refractivity (Wildman–Crippen MR) is 69.1 cm³/mol. The van der Waals surface area contributed by atoms with Gasteiger partial charge >= 0.3 is 0 Å². The summed E-state index contributed by atoms with van der Waals surface area (Å²) in [5.74, 6) is -0.0795. The van der Waals surface area contributed by atoms with Crippen molar-refractivity contribution in [1.82, 2.24) is 9.97 Å². The third-order valence-electron chi connectivity index (χ3n) is 2.67. The smallest absolute Gasteiger partial charge is 0.243 e. The summed E-state index contributed by atoms with van der Waals surface area (Å²) in [6.07, 6.45) is 2.21. The standard InChI is InChI=1S/C14H14N2O3/c1-18-13(10-6-4-3-5-7-10)12(17)11-14(19-2)16-9-8-15-11/h3-9,13H,1-2H3. The Labute approximate surface area is 111 Å². The van der Waals surface area contributed by atoms with Crippen molar-refractivity contribution in [2.75, 3.05) is 14.2 Å². The summed E-state index contributed by atoms with van der Waals surface area (Å²) in [6, 6.07) is 9.23. The van der Waals surface area contributed by atoms with E-state index in [9.17, 15) is 4.79 Å². The van der Waals surface area contributed by atoms with Gasteiger partial charge in [0.1, 0.15) is 6.10 Å². The van der Waals surface area contributed by atoms with Crippen LogP contribution in [0.2, 0.25) is 0 Å². The zero-order valence-electron chi connectivity index (χ0n) is 10.7. The maximum Gasteiger partial charge on any atom is 0.243 e. The molecule has 0 radical (unpaired) electrons. The summed E-state index contributed by atoms with van der Waals surface area (Å²) in [6.45, 7) is 0. The third kappa shape index (κ3) is 2.77. The lowest BCUT2D eigenvalue weighted by molar-refractivity contribution is 0.0595. The topological polar surface area (TPSA) is 61.3 Å². The second kappa shape index (κ2) is 6.06. The number of nitrogens with zero attached hydrogens (tertiary/aromatic N) is 2. The molecule has 5 nitrogen and oxygen atoms in total. The van der Waals surface area contributed by atoms with Gasteiger partial charge in [-0.15, -0.1) is 0 Å². The summed E-state index contributed by atoms with van der Waals surface area (Å²) < 4.78 is 10.3. The summed E-state index contributed by atoms with van der Waals surface area (Å²) in [5, 5.41) is 0. The average Bonchev–Trinajstić information content (AvgIpc) is 2.49. The third-order valence-corrected chi connectivity index (χ3v) is 2.67. The largest absolute Gasteiger partial charge is 0.479 e. The van der Waals surface area contributed by atoms with Crippen molar-refractivity contribution in [3.05, 3.63) is 54.0 Å². The highest BCUT2D eigenvalue weighted by Crippen LogP contribution is 2.24. The number of hydrogen-bond donors (Lipinski definition) is 0. The lowest BCUT2D eigenvalue weighted by atomic mass is 10.0. The minimum atomic E-state index is -0.716. The van der Waals surface area contributed by atoms with Gasteiger partial charge in [0.2, 0.25) is 11.7 Å². The Balaban J connectivity index is 2.36. The van der Waals surface area contributed by atoms with Gasteiger partial charge in [-0.25, -0.2) is 9.97 Å². The van der Waals surface area contributed by atoms with Gasteiger partial charge in [0, 0.05) is 19.5 Å². The van der Waals surface area contributed by atoms with Crippen molar-refractivity contribution in [2.24, 2.45) is 0 Å². The first-order valence-corrected chi connectivity index (χ1v) is 5.75. The molecule has 1 heterocycles. The van der Waals surface area contributed by atoms with E-state index in [1.54, 1.807) is 0 Å². The van der Waals surface area contributed by atoms with Gasteiger partial charge in [0.15, 0.2) is 5.69 Å². The molecular formula is C14H14N2O3. The Morgan fingerprint density at radius 1 is 1.11 bits per heavy atom. The number of rotatable bonds is 5. The molecule has 0 bridgehead atoms. The van der Waals surface area contributed by atoms with Gasteiger partial charge in [-0.3, -0.25) is 4.79 Å². The van der Waals surface area contributed by atoms with Crippen LogP contribution in [0.15, 0.2) is 42.7 Å². The van der Waals surface area contributed by atoms with Crippen molar-refractivity contribution in [1.29, 1.82) is 0 Å². The quantitative estimate of drug-likeness (QED) is 0.768. The van der Waals surface area contributed by atoms with Crippen LogP contribution in [-0.2, 0) is 4.74 Å². The molecule has 1 aromatic carbocycles. The molecule has 19 heavy (non-hydrogen) atoms. The number of ether oxygens (including phenoxy) is 2. The fourth-order valence-electron chi connectivity index (χ4n) is 1.79. The van der Waals surface area contributed by atoms with Gasteiger partial charge in [-0.2, -0.15) is 0 Å². The number of aromatic nitrogens is 2. The highest BCUT2D eigenvalue weighted by molar-refractivity contribution is 6.00. The molecule has 2 rings (SSSR count).